The molecule has 8 heteroatoms. The number of methoxy groups -OCH3 is 1. The average molecular weight is 359 g/mol. The second kappa shape index (κ2) is 7.27. The van der Waals surface area contributed by atoms with E-state index in [0.717, 1.165) is 10.3 Å². The van der Waals surface area contributed by atoms with Crippen LogP contribution >= 0.6 is 11.3 Å². The van der Waals surface area contributed by atoms with E-state index < -0.39 is 12.0 Å². The molecule has 0 aliphatic carbocycles. The quantitative estimate of drug-likeness (QED) is 0.698. The van der Waals surface area contributed by atoms with Crippen LogP contribution in [0.4, 0.5) is 14.3 Å². The van der Waals surface area contributed by atoms with Crippen LogP contribution in [0.1, 0.15) is 15.9 Å². The van der Waals surface area contributed by atoms with E-state index in [9.17, 15) is 14.0 Å². The summed E-state index contributed by atoms with van der Waals surface area (Å²) in [5, 5.41) is 5.72. The van der Waals surface area contributed by atoms with E-state index in [0.29, 0.717) is 16.2 Å². The van der Waals surface area contributed by atoms with Crippen LogP contribution in [0.2, 0.25) is 0 Å². The van der Waals surface area contributed by atoms with Gasteiger partial charge in [-0.05, 0) is 35.9 Å². The van der Waals surface area contributed by atoms with Crippen molar-refractivity contribution in [2.24, 2.45) is 0 Å². The number of ether oxygens (including phenoxy) is 1. The second-order valence-electron chi connectivity index (χ2n) is 5.13. The van der Waals surface area contributed by atoms with Gasteiger partial charge in [-0.25, -0.2) is 19.0 Å². The molecule has 0 saturated carbocycles. The number of thiazole rings is 1. The van der Waals surface area contributed by atoms with E-state index in [1.807, 2.05) is 0 Å². The minimum absolute atomic E-state index is 0.267. The summed E-state index contributed by atoms with van der Waals surface area (Å²) in [5.74, 6) is -0.754. The van der Waals surface area contributed by atoms with E-state index in [2.05, 4.69) is 20.4 Å². The van der Waals surface area contributed by atoms with Crippen molar-refractivity contribution in [2.75, 3.05) is 12.4 Å². The van der Waals surface area contributed by atoms with Gasteiger partial charge in [-0.1, -0.05) is 23.5 Å². The summed E-state index contributed by atoms with van der Waals surface area (Å²) < 4.78 is 18.3. The van der Waals surface area contributed by atoms with Crippen molar-refractivity contribution in [2.45, 2.75) is 6.54 Å². The molecule has 3 rings (SSSR count). The summed E-state index contributed by atoms with van der Waals surface area (Å²) in [6.45, 7) is 0.267. The standard InChI is InChI=1S/C17H14FN3O3S/c1-24-15(22)11-4-7-13-14(8-11)25-17(20-13)21-16(23)19-9-10-2-5-12(18)6-3-10/h2-8H,9H2,1H3,(H2,19,20,21,23). The molecule has 6 nitrogen and oxygen atoms in total. The van der Waals surface area contributed by atoms with Crippen molar-refractivity contribution >= 4 is 38.7 Å². The molecule has 2 N–H and O–H groups in total. The van der Waals surface area contributed by atoms with Gasteiger partial charge in [0.2, 0.25) is 0 Å². The number of hydrogen-bond donors (Lipinski definition) is 2. The molecule has 0 spiro atoms. The molecule has 0 unspecified atom stereocenters. The highest BCUT2D eigenvalue weighted by Gasteiger charge is 2.11. The number of benzene rings is 2. The smallest absolute Gasteiger partial charge is 0.337 e. The van der Waals surface area contributed by atoms with Crippen LogP contribution in [0, 0.1) is 5.82 Å². The molecule has 1 aromatic heterocycles. The third-order valence-corrected chi connectivity index (χ3v) is 4.33. The molecule has 2 amide bonds. The molecule has 0 bridgehead atoms. The zero-order valence-corrected chi connectivity index (χ0v) is 14.0. The van der Waals surface area contributed by atoms with Gasteiger partial charge in [-0.15, -0.1) is 0 Å². The fourth-order valence-corrected chi connectivity index (χ4v) is 3.05. The first-order valence-corrected chi connectivity index (χ1v) is 8.15. The van der Waals surface area contributed by atoms with Gasteiger partial charge in [0.05, 0.1) is 22.9 Å². The summed E-state index contributed by atoms with van der Waals surface area (Å²) in [6.07, 6.45) is 0. The Balaban J connectivity index is 1.64. The molecule has 0 aliphatic rings. The van der Waals surface area contributed by atoms with Gasteiger partial charge in [0.25, 0.3) is 0 Å². The maximum absolute atomic E-state index is 12.8. The summed E-state index contributed by atoms with van der Waals surface area (Å²) in [4.78, 5) is 27.8. The second-order valence-corrected chi connectivity index (χ2v) is 6.16. The highest BCUT2D eigenvalue weighted by Crippen LogP contribution is 2.27. The van der Waals surface area contributed by atoms with Crippen molar-refractivity contribution in [3.8, 4) is 0 Å². The Labute approximate surface area is 146 Å². The maximum Gasteiger partial charge on any atom is 0.337 e. The molecule has 25 heavy (non-hydrogen) atoms. The molecule has 0 saturated heterocycles. The first kappa shape index (κ1) is 16.8. The lowest BCUT2D eigenvalue weighted by Crippen LogP contribution is -2.28. The molecule has 0 fully saturated rings. The highest BCUT2D eigenvalue weighted by molar-refractivity contribution is 7.22. The molecule has 0 aliphatic heterocycles. The van der Waals surface area contributed by atoms with Crippen molar-refractivity contribution in [3.63, 3.8) is 0 Å². The number of carbonyl (C=O) groups excluding carboxylic acids is 2. The minimum Gasteiger partial charge on any atom is -0.465 e. The summed E-state index contributed by atoms with van der Waals surface area (Å²) in [7, 11) is 1.32. The van der Waals surface area contributed by atoms with Crippen LogP contribution in [0.15, 0.2) is 42.5 Å². The van der Waals surface area contributed by atoms with Gasteiger partial charge >= 0.3 is 12.0 Å². The van der Waals surface area contributed by atoms with Crippen LogP contribution in [0.3, 0.4) is 0 Å². The number of anilines is 1. The number of halogens is 1. The minimum atomic E-state index is -0.429. The van der Waals surface area contributed by atoms with Crippen LogP contribution in [0.25, 0.3) is 10.2 Å². The summed E-state index contributed by atoms with van der Waals surface area (Å²) in [5.41, 5.74) is 1.88. The number of esters is 1. The number of rotatable bonds is 4. The number of fused-ring (bicyclic) bond motifs is 1. The van der Waals surface area contributed by atoms with Gasteiger partial charge in [-0.2, -0.15) is 0 Å². The van der Waals surface area contributed by atoms with Crippen molar-refractivity contribution < 1.29 is 18.7 Å². The van der Waals surface area contributed by atoms with Gasteiger partial charge in [0.15, 0.2) is 5.13 Å². The number of nitrogens with zero attached hydrogens (tertiary/aromatic N) is 1. The SMILES string of the molecule is COC(=O)c1ccc2nc(NC(=O)NCc3ccc(F)cc3)sc2c1. The Morgan fingerprint density at radius 1 is 1.20 bits per heavy atom. The van der Waals surface area contributed by atoms with E-state index in [4.69, 9.17) is 0 Å². The molecule has 0 atom stereocenters. The molecule has 0 radical (unpaired) electrons. The Bertz CT molecular complexity index is 925. The third-order valence-electron chi connectivity index (χ3n) is 3.40. The maximum atomic E-state index is 12.8. The topological polar surface area (TPSA) is 80.3 Å². The Hall–Kier alpha value is -3.00. The zero-order chi connectivity index (χ0) is 17.8. The Morgan fingerprint density at radius 2 is 1.96 bits per heavy atom. The highest BCUT2D eigenvalue weighted by atomic mass is 32.1. The normalized spacial score (nSPS) is 10.5. The molecule has 128 valence electrons. The van der Waals surface area contributed by atoms with Gasteiger partial charge < -0.3 is 10.1 Å². The number of nitrogens with one attached hydrogen (secondary N) is 2. The number of amides is 2. The lowest BCUT2D eigenvalue weighted by atomic mass is 10.2. The fourth-order valence-electron chi connectivity index (χ4n) is 2.15. The van der Waals surface area contributed by atoms with E-state index in [1.54, 1.807) is 30.3 Å². The first-order chi connectivity index (χ1) is 12.0. The van der Waals surface area contributed by atoms with E-state index in [1.165, 1.54) is 30.6 Å². The predicted molar refractivity (Wildman–Crippen MR) is 93.2 cm³/mol. The van der Waals surface area contributed by atoms with Crippen molar-refractivity contribution in [1.29, 1.82) is 0 Å². The molecular weight excluding hydrogens is 345 g/mol. The lowest BCUT2D eigenvalue weighted by molar-refractivity contribution is 0.0601. The van der Waals surface area contributed by atoms with Crippen LogP contribution < -0.4 is 10.6 Å². The van der Waals surface area contributed by atoms with E-state index >= 15 is 0 Å². The largest absolute Gasteiger partial charge is 0.465 e. The molecule has 2 aromatic carbocycles. The van der Waals surface area contributed by atoms with E-state index in [-0.39, 0.29) is 12.4 Å². The fraction of sp³-hybridized carbons (Fsp3) is 0.118. The molecular formula is C17H14FN3O3S. The summed E-state index contributed by atoms with van der Waals surface area (Å²) in [6, 6.07) is 10.4. The summed E-state index contributed by atoms with van der Waals surface area (Å²) >= 11 is 1.25. The number of hydrogen-bond acceptors (Lipinski definition) is 5. The zero-order valence-electron chi connectivity index (χ0n) is 13.2. The Morgan fingerprint density at radius 3 is 2.68 bits per heavy atom. The van der Waals surface area contributed by atoms with Crippen LogP contribution in [0.5, 0.6) is 0 Å². The average Bonchev–Trinajstić information content (AvgIpc) is 3.01. The number of aromatic nitrogens is 1. The van der Waals surface area contributed by atoms with Gasteiger partial charge in [0, 0.05) is 6.54 Å². The third kappa shape index (κ3) is 4.10. The lowest BCUT2D eigenvalue weighted by Gasteiger charge is -2.05. The molecule has 3 aromatic rings. The Kier molecular flexibility index (Phi) is 4.90. The predicted octanol–water partition coefficient (Wildman–Crippen LogP) is 3.54. The number of carbonyl (C=O) groups is 2. The van der Waals surface area contributed by atoms with Crippen molar-refractivity contribution in [1.82, 2.24) is 10.3 Å². The monoisotopic (exact) mass is 359 g/mol. The first-order valence-electron chi connectivity index (χ1n) is 7.33. The number of urea groups is 1. The van der Waals surface area contributed by atoms with Crippen LogP contribution in [-0.4, -0.2) is 24.1 Å². The molecule has 1 heterocycles. The van der Waals surface area contributed by atoms with Gasteiger partial charge in [0.1, 0.15) is 5.82 Å². The van der Waals surface area contributed by atoms with Crippen LogP contribution in [-0.2, 0) is 11.3 Å². The van der Waals surface area contributed by atoms with Gasteiger partial charge in [-0.3, -0.25) is 5.32 Å². The van der Waals surface area contributed by atoms with Crippen molar-refractivity contribution in [3.05, 3.63) is 59.4 Å².